The van der Waals surface area contributed by atoms with Crippen LogP contribution in [0.3, 0.4) is 0 Å². The van der Waals surface area contributed by atoms with Crippen LogP contribution < -0.4 is 0 Å². The van der Waals surface area contributed by atoms with Crippen molar-refractivity contribution in [1.29, 1.82) is 0 Å². The summed E-state index contributed by atoms with van der Waals surface area (Å²) in [6.45, 7) is 0.354. The van der Waals surface area contributed by atoms with Gasteiger partial charge in [0.1, 0.15) is 6.54 Å². The molecule has 1 aromatic rings. The third kappa shape index (κ3) is 2.07. The zero-order valence-corrected chi connectivity index (χ0v) is 10.7. The Balaban J connectivity index is 1.73. The van der Waals surface area contributed by atoms with Crippen LogP contribution >= 0.6 is 0 Å². The van der Waals surface area contributed by atoms with E-state index in [0.29, 0.717) is 19.0 Å². The first-order valence-electron chi connectivity index (χ1n) is 6.62. The molecule has 3 rings (SSSR count). The highest BCUT2D eigenvalue weighted by Crippen LogP contribution is 2.26. The molecule has 0 aliphatic heterocycles. The van der Waals surface area contributed by atoms with Gasteiger partial charge in [-0.15, -0.1) is 0 Å². The van der Waals surface area contributed by atoms with Gasteiger partial charge in [0.15, 0.2) is 5.78 Å². The second-order valence-electron chi connectivity index (χ2n) is 5.38. The Morgan fingerprint density at radius 3 is 2.83 bits per heavy atom. The van der Waals surface area contributed by atoms with Crippen LogP contribution in [-0.4, -0.2) is 34.2 Å². The fourth-order valence-corrected chi connectivity index (χ4v) is 2.60. The first kappa shape index (κ1) is 11.5. The minimum absolute atomic E-state index is 0.136. The van der Waals surface area contributed by atoms with Gasteiger partial charge in [-0.25, -0.2) is 0 Å². The van der Waals surface area contributed by atoms with E-state index in [1.807, 2.05) is 28.9 Å². The molecule has 2 aliphatic carbocycles. The predicted octanol–water partition coefficient (Wildman–Crippen LogP) is 1.63. The lowest BCUT2D eigenvalue weighted by Crippen LogP contribution is -2.31. The molecule has 1 amide bonds. The highest BCUT2D eigenvalue weighted by Gasteiger charge is 2.29. The lowest BCUT2D eigenvalue weighted by Gasteiger charge is -2.16. The van der Waals surface area contributed by atoms with Crippen LogP contribution in [0.25, 0.3) is 0 Å². The lowest BCUT2D eigenvalue weighted by molar-refractivity contribution is -0.131. The average Bonchev–Trinajstić information content (AvgIpc) is 3.10. The number of hydrogen-bond acceptors (Lipinski definition) is 2. The molecule has 1 saturated carbocycles. The first-order valence-corrected chi connectivity index (χ1v) is 6.62. The van der Waals surface area contributed by atoms with Gasteiger partial charge in [0.25, 0.3) is 0 Å². The van der Waals surface area contributed by atoms with Gasteiger partial charge < -0.3 is 9.47 Å². The molecule has 0 unspecified atom stereocenters. The Morgan fingerprint density at radius 2 is 2.17 bits per heavy atom. The van der Waals surface area contributed by atoms with Crippen LogP contribution in [-0.2, 0) is 17.8 Å². The Morgan fingerprint density at radius 1 is 1.39 bits per heavy atom. The average molecular weight is 246 g/mol. The summed E-state index contributed by atoms with van der Waals surface area (Å²) in [5.41, 5.74) is 1.93. The topological polar surface area (TPSA) is 42.3 Å². The van der Waals surface area contributed by atoms with Crippen molar-refractivity contribution in [3.8, 4) is 0 Å². The highest BCUT2D eigenvalue weighted by atomic mass is 16.2. The highest BCUT2D eigenvalue weighted by molar-refractivity contribution is 5.98. The summed E-state index contributed by atoms with van der Waals surface area (Å²) in [5.74, 6) is 0.357. The largest absolute Gasteiger partial charge is 0.344 e. The van der Waals surface area contributed by atoms with Gasteiger partial charge in [-0.3, -0.25) is 9.59 Å². The maximum absolute atomic E-state index is 12.0. The molecular formula is C14H18N2O2. The minimum Gasteiger partial charge on any atom is -0.344 e. The smallest absolute Gasteiger partial charge is 0.242 e. The molecule has 0 saturated heterocycles. The summed E-state index contributed by atoms with van der Waals surface area (Å²) in [6.07, 6.45) is 8.60. The summed E-state index contributed by atoms with van der Waals surface area (Å²) in [4.78, 5) is 25.6. The number of Topliss-reactive ketones (excluding diaryl/α,β-unsaturated/α-hetero) is 1. The van der Waals surface area contributed by atoms with Crippen LogP contribution in [0.15, 0.2) is 12.4 Å². The number of nitrogens with zero attached hydrogens (tertiary/aromatic N) is 2. The number of ketones is 1. The van der Waals surface area contributed by atoms with Crippen LogP contribution in [0.1, 0.15) is 41.6 Å². The van der Waals surface area contributed by atoms with E-state index in [1.54, 1.807) is 0 Å². The van der Waals surface area contributed by atoms with E-state index in [1.165, 1.54) is 0 Å². The van der Waals surface area contributed by atoms with Crippen molar-refractivity contribution in [2.45, 2.75) is 44.7 Å². The van der Waals surface area contributed by atoms with Crippen molar-refractivity contribution in [2.24, 2.45) is 0 Å². The Labute approximate surface area is 107 Å². The van der Waals surface area contributed by atoms with Crippen molar-refractivity contribution in [3.63, 3.8) is 0 Å². The maximum atomic E-state index is 12.0. The molecule has 96 valence electrons. The summed E-state index contributed by atoms with van der Waals surface area (Å²) in [5, 5.41) is 0. The van der Waals surface area contributed by atoms with Gasteiger partial charge in [-0.2, -0.15) is 0 Å². The van der Waals surface area contributed by atoms with Gasteiger partial charge in [-0.1, -0.05) is 0 Å². The SMILES string of the molecule is CN(C(=O)Cn1cc2c(c1)C(=O)CCC2)C1CC1. The third-order valence-corrected chi connectivity index (χ3v) is 3.92. The molecule has 4 heteroatoms. The zero-order chi connectivity index (χ0) is 12.7. The van der Waals surface area contributed by atoms with E-state index < -0.39 is 0 Å². The number of hydrogen-bond donors (Lipinski definition) is 0. The Bertz CT molecular complexity index is 500. The maximum Gasteiger partial charge on any atom is 0.242 e. The van der Waals surface area contributed by atoms with E-state index >= 15 is 0 Å². The molecule has 0 aromatic carbocycles. The van der Waals surface area contributed by atoms with Gasteiger partial charge >= 0.3 is 0 Å². The van der Waals surface area contributed by atoms with Crippen molar-refractivity contribution in [2.75, 3.05) is 7.05 Å². The Hall–Kier alpha value is -1.58. The molecule has 1 aromatic heterocycles. The monoisotopic (exact) mass is 246 g/mol. The minimum atomic E-state index is 0.136. The third-order valence-electron chi connectivity index (χ3n) is 3.92. The fraction of sp³-hybridized carbons (Fsp3) is 0.571. The van der Waals surface area contributed by atoms with Crippen LogP contribution in [0.4, 0.5) is 0 Å². The van der Waals surface area contributed by atoms with E-state index in [9.17, 15) is 9.59 Å². The molecule has 0 bridgehead atoms. The van der Waals surface area contributed by atoms with Crippen molar-refractivity contribution in [3.05, 3.63) is 23.5 Å². The second-order valence-corrected chi connectivity index (χ2v) is 5.38. The zero-order valence-electron chi connectivity index (χ0n) is 10.7. The predicted molar refractivity (Wildman–Crippen MR) is 67.5 cm³/mol. The molecule has 0 spiro atoms. The second kappa shape index (κ2) is 4.26. The molecule has 1 fully saturated rings. The number of carbonyl (C=O) groups excluding carboxylic acids is 2. The van der Waals surface area contributed by atoms with E-state index in [-0.39, 0.29) is 11.7 Å². The summed E-state index contributed by atoms with van der Waals surface area (Å²) in [7, 11) is 1.87. The van der Waals surface area contributed by atoms with Crippen LogP contribution in [0.2, 0.25) is 0 Å². The van der Waals surface area contributed by atoms with E-state index in [4.69, 9.17) is 0 Å². The molecule has 0 radical (unpaired) electrons. The lowest BCUT2D eigenvalue weighted by atomic mass is 9.95. The van der Waals surface area contributed by atoms with Gasteiger partial charge in [-0.05, 0) is 31.2 Å². The van der Waals surface area contributed by atoms with Gasteiger partial charge in [0.05, 0.1) is 0 Å². The molecule has 2 aliphatic rings. The van der Waals surface area contributed by atoms with E-state index in [2.05, 4.69) is 0 Å². The molecule has 1 heterocycles. The van der Waals surface area contributed by atoms with Gasteiger partial charge in [0.2, 0.25) is 5.91 Å². The van der Waals surface area contributed by atoms with E-state index in [0.717, 1.165) is 36.8 Å². The summed E-state index contributed by atoms with van der Waals surface area (Å²) >= 11 is 0. The van der Waals surface area contributed by atoms with Gasteiger partial charge in [0, 0.05) is 37.5 Å². The summed E-state index contributed by atoms with van der Waals surface area (Å²) in [6, 6.07) is 0.448. The summed E-state index contributed by atoms with van der Waals surface area (Å²) < 4.78 is 1.87. The molecular weight excluding hydrogens is 228 g/mol. The number of fused-ring (bicyclic) bond motifs is 1. The van der Waals surface area contributed by atoms with Crippen molar-refractivity contribution < 1.29 is 9.59 Å². The van der Waals surface area contributed by atoms with Crippen LogP contribution in [0, 0.1) is 0 Å². The number of carbonyl (C=O) groups is 2. The fourth-order valence-electron chi connectivity index (χ4n) is 2.60. The van der Waals surface area contributed by atoms with Crippen LogP contribution in [0.5, 0.6) is 0 Å². The molecule has 0 N–H and O–H groups in total. The first-order chi connectivity index (χ1) is 8.65. The number of likely N-dealkylation sites (N-methyl/N-ethyl adjacent to an activating group) is 1. The normalized spacial score (nSPS) is 18.6. The van der Waals surface area contributed by atoms with Crippen molar-refractivity contribution >= 4 is 11.7 Å². The number of amides is 1. The number of aromatic nitrogens is 1. The number of aryl methyl sites for hydroxylation is 1. The molecule has 0 atom stereocenters. The Kier molecular flexibility index (Phi) is 2.73. The molecule has 4 nitrogen and oxygen atoms in total. The number of rotatable bonds is 3. The quantitative estimate of drug-likeness (QED) is 0.813. The molecule has 18 heavy (non-hydrogen) atoms. The van der Waals surface area contributed by atoms with Crippen molar-refractivity contribution in [1.82, 2.24) is 9.47 Å². The standard InChI is InChI=1S/C14H18N2O2/c1-15(11-5-6-11)14(18)9-16-7-10-3-2-4-13(17)12(10)8-16/h7-8,11H,2-6,9H2,1H3.